The Labute approximate surface area is 110 Å². The first-order chi connectivity index (χ1) is 8.78. The first-order valence-electron chi connectivity index (χ1n) is 7.36. The van der Waals surface area contributed by atoms with Gasteiger partial charge in [0.15, 0.2) is 0 Å². The van der Waals surface area contributed by atoms with Crippen LogP contribution >= 0.6 is 0 Å². The number of pyridine rings is 1. The molecule has 2 heteroatoms. The molecule has 1 aromatic rings. The fourth-order valence-electron chi connectivity index (χ4n) is 3.28. The highest BCUT2D eigenvalue weighted by Gasteiger charge is 2.44. The minimum absolute atomic E-state index is 0.625. The largest absolute Gasteiger partial charge is 0.316 e. The van der Waals surface area contributed by atoms with E-state index in [4.69, 9.17) is 0 Å². The number of hydrogen-bond acceptors (Lipinski definition) is 2. The smallest absolute Gasteiger partial charge is 0.0419 e. The van der Waals surface area contributed by atoms with Crippen LogP contribution in [0.15, 0.2) is 18.3 Å². The quantitative estimate of drug-likeness (QED) is 0.832. The molecule has 0 spiro atoms. The van der Waals surface area contributed by atoms with Crippen molar-refractivity contribution in [2.75, 3.05) is 7.05 Å². The summed E-state index contributed by atoms with van der Waals surface area (Å²) < 4.78 is 0. The summed E-state index contributed by atoms with van der Waals surface area (Å²) in [7, 11) is 2.12. The van der Waals surface area contributed by atoms with E-state index in [9.17, 15) is 0 Å². The molecule has 2 saturated carbocycles. The van der Waals surface area contributed by atoms with Gasteiger partial charge in [0.2, 0.25) is 0 Å². The minimum atomic E-state index is 0.625. The molecule has 2 nitrogen and oxygen atoms in total. The van der Waals surface area contributed by atoms with Crippen LogP contribution in [0.25, 0.3) is 0 Å². The Hall–Kier alpha value is -0.890. The molecule has 2 aliphatic rings. The Bertz CT molecular complexity index is 378. The van der Waals surface area contributed by atoms with Crippen molar-refractivity contribution < 1.29 is 0 Å². The van der Waals surface area contributed by atoms with Crippen LogP contribution in [0.3, 0.4) is 0 Å². The fourth-order valence-corrected chi connectivity index (χ4v) is 3.28. The van der Waals surface area contributed by atoms with Crippen molar-refractivity contribution in [1.82, 2.24) is 10.3 Å². The topological polar surface area (TPSA) is 24.9 Å². The van der Waals surface area contributed by atoms with Crippen LogP contribution in [0.2, 0.25) is 0 Å². The Balaban J connectivity index is 1.69. The molecule has 0 saturated heterocycles. The maximum Gasteiger partial charge on any atom is 0.0419 e. The highest BCUT2D eigenvalue weighted by atomic mass is 14.9. The molecule has 0 amide bonds. The highest BCUT2D eigenvalue weighted by Crippen LogP contribution is 2.51. The zero-order valence-corrected chi connectivity index (χ0v) is 11.5. The molecule has 1 heterocycles. The van der Waals surface area contributed by atoms with E-state index < -0.39 is 0 Å². The zero-order chi connectivity index (χ0) is 12.5. The SMILES string of the molecule is CNC(Cc1ccc(C)cn1)C(C1CC1)C1CC1. The normalized spacial score (nSPS) is 21.3. The summed E-state index contributed by atoms with van der Waals surface area (Å²) in [5.41, 5.74) is 2.49. The first-order valence-corrected chi connectivity index (χ1v) is 7.36. The maximum absolute atomic E-state index is 4.57. The molecule has 3 rings (SSSR count). The molecule has 1 N–H and O–H groups in total. The van der Waals surface area contributed by atoms with Crippen LogP contribution in [-0.2, 0) is 6.42 Å². The molecule has 1 atom stereocenters. The molecular weight excluding hydrogens is 220 g/mol. The Kier molecular flexibility index (Phi) is 3.38. The Morgan fingerprint density at radius 2 is 1.89 bits per heavy atom. The molecule has 2 fully saturated rings. The Morgan fingerprint density at radius 1 is 1.22 bits per heavy atom. The van der Waals surface area contributed by atoms with E-state index in [-0.39, 0.29) is 0 Å². The molecule has 1 aromatic heterocycles. The number of hydrogen-bond donors (Lipinski definition) is 1. The summed E-state index contributed by atoms with van der Waals surface area (Å²) in [4.78, 5) is 4.57. The lowest BCUT2D eigenvalue weighted by Crippen LogP contribution is -2.38. The highest BCUT2D eigenvalue weighted by molar-refractivity contribution is 5.14. The first kappa shape index (κ1) is 12.2. The van der Waals surface area contributed by atoms with Gasteiger partial charge in [0.05, 0.1) is 0 Å². The van der Waals surface area contributed by atoms with Gasteiger partial charge in [-0.25, -0.2) is 0 Å². The van der Waals surface area contributed by atoms with E-state index >= 15 is 0 Å². The van der Waals surface area contributed by atoms with Gasteiger partial charge in [0, 0.05) is 24.4 Å². The number of nitrogens with one attached hydrogen (secondary N) is 1. The number of aryl methyl sites for hydroxylation is 1. The summed E-state index contributed by atoms with van der Waals surface area (Å²) >= 11 is 0. The third kappa shape index (κ3) is 2.74. The number of likely N-dealkylation sites (N-methyl/N-ethyl adjacent to an activating group) is 1. The van der Waals surface area contributed by atoms with Crippen molar-refractivity contribution in [2.45, 2.75) is 45.1 Å². The van der Waals surface area contributed by atoms with Crippen LogP contribution in [0.5, 0.6) is 0 Å². The van der Waals surface area contributed by atoms with Crippen molar-refractivity contribution in [3.05, 3.63) is 29.6 Å². The molecule has 0 aliphatic heterocycles. The lowest BCUT2D eigenvalue weighted by atomic mass is 9.86. The third-order valence-electron chi connectivity index (χ3n) is 4.57. The van der Waals surface area contributed by atoms with Gasteiger partial charge in [-0.2, -0.15) is 0 Å². The zero-order valence-electron chi connectivity index (χ0n) is 11.5. The summed E-state index contributed by atoms with van der Waals surface area (Å²) in [6.45, 7) is 2.10. The summed E-state index contributed by atoms with van der Waals surface area (Å²) in [5.74, 6) is 2.90. The van der Waals surface area contributed by atoms with E-state index in [1.54, 1.807) is 0 Å². The molecule has 0 bridgehead atoms. The van der Waals surface area contributed by atoms with Crippen LogP contribution in [-0.4, -0.2) is 18.1 Å². The lowest BCUT2D eigenvalue weighted by molar-refractivity contribution is 0.292. The number of aromatic nitrogens is 1. The number of rotatable bonds is 6. The van der Waals surface area contributed by atoms with Gasteiger partial charge in [-0.3, -0.25) is 4.98 Å². The van der Waals surface area contributed by atoms with Crippen molar-refractivity contribution in [1.29, 1.82) is 0 Å². The predicted molar refractivity (Wildman–Crippen MR) is 74.5 cm³/mol. The molecule has 0 radical (unpaired) electrons. The van der Waals surface area contributed by atoms with E-state index in [1.165, 1.54) is 36.9 Å². The van der Waals surface area contributed by atoms with Crippen LogP contribution in [0.1, 0.15) is 36.9 Å². The van der Waals surface area contributed by atoms with Crippen LogP contribution < -0.4 is 5.32 Å². The average Bonchev–Trinajstić information content (AvgIpc) is 3.25. The molecule has 2 aliphatic carbocycles. The van der Waals surface area contributed by atoms with Crippen LogP contribution in [0, 0.1) is 24.7 Å². The molecule has 1 unspecified atom stereocenters. The van der Waals surface area contributed by atoms with Gasteiger partial charge >= 0.3 is 0 Å². The predicted octanol–water partition coefficient (Wildman–Crippen LogP) is 2.96. The maximum atomic E-state index is 4.57. The van der Waals surface area contributed by atoms with E-state index in [0.29, 0.717) is 6.04 Å². The monoisotopic (exact) mass is 244 g/mol. The second-order valence-corrected chi connectivity index (χ2v) is 6.18. The fraction of sp³-hybridized carbons (Fsp3) is 0.688. The molecule has 0 aromatic carbocycles. The summed E-state index contributed by atoms with van der Waals surface area (Å²) in [5, 5.41) is 3.57. The standard InChI is InChI=1S/C16H24N2/c1-11-3-8-14(18-10-11)9-15(17-2)16(12-4-5-12)13-6-7-13/h3,8,10,12-13,15-17H,4-7,9H2,1-2H3. The van der Waals surface area contributed by atoms with Gasteiger partial charge in [0.25, 0.3) is 0 Å². The summed E-state index contributed by atoms with van der Waals surface area (Å²) in [6, 6.07) is 5.00. The number of nitrogens with zero attached hydrogens (tertiary/aromatic N) is 1. The van der Waals surface area contributed by atoms with Gasteiger partial charge in [-0.05, 0) is 69.0 Å². The lowest BCUT2D eigenvalue weighted by Gasteiger charge is -2.27. The van der Waals surface area contributed by atoms with Crippen molar-refractivity contribution >= 4 is 0 Å². The Morgan fingerprint density at radius 3 is 2.33 bits per heavy atom. The van der Waals surface area contributed by atoms with Gasteiger partial charge in [0.1, 0.15) is 0 Å². The van der Waals surface area contributed by atoms with Crippen LogP contribution in [0.4, 0.5) is 0 Å². The van der Waals surface area contributed by atoms with Gasteiger partial charge in [-0.1, -0.05) is 6.07 Å². The van der Waals surface area contributed by atoms with Crippen molar-refractivity contribution in [3.63, 3.8) is 0 Å². The molecule has 18 heavy (non-hydrogen) atoms. The van der Waals surface area contributed by atoms with Crippen molar-refractivity contribution in [3.8, 4) is 0 Å². The third-order valence-corrected chi connectivity index (χ3v) is 4.57. The summed E-state index contributed by atoms with van der Waals surface area (Å²) in [6.07, 6.45) is 8.92. The van der Waals surface area contributed by atoms with E-state index in [0.717, 1.165) is 24.2 Å². The minimum Gasteiger partial charge on any atom is -0.316 e. The molecular formula is C16H24N2. The van der Waals surface area contributed by atoms with Crippen molar-refractivity contribution in [2.24, 2.45) is 17.8 Å². The van der Waals surface area contributed by atoms with Gasteiger partial charge in [-0.15, -0.1) is 0 Å². The van der Waals surface area contributed by atoms with Gasteiger partial charge < -0.3 is 5.32 Å². The second-order valence-electron chi connectivity index (χ2n) is 6.18. The van der Waals surface area contributed by atoms with E-state index in [1.807, 2.05) is 6.20 Å². The average molecular weight is 244 g/mol. The second kappa shape index (κ2) is 5.00. The molecule has 98 valence electrons. The van der Waals surface area contributed by atoms with E-state index in [2.05, 4.69) is 36.4 Å².